The molecule has 0 radical (unpaired) electrons. The Morgan fingerprint density at radius 2 is 1.62 bits per heavy atom. The first kappa shape index (κ1) is 15.7. The molecule has 0 spiro atoms. The maximum atomic E-state index is 10.3. The standard InChI is InChI=1S/C21H15N3O2/c1-14-21(26)24-13-19(16-8-10-17(25)11-9-16)23-18(20(24)22-14)12-7-15-5-3-2-4-6-15/h2-6,8-11,13,25-26H,1H3. The topological polar surface area (TPSA) is 70.7 Å². The van der Waals surface area contributed by atoms with Crippen molar-refractivity contribution < 1.29 is 10.2 Å². The lowest BCUT2D eigenvalue weighted by molar-refractivity contribution is 0.444. The number of aromatic nitrogens is 3. The van der Waals surface area contributed by atoms with Gasteiger partial charge < -0.3 is 10.2 Å². The number of imidazole rings is 1. The van der Waals surface area contributed by atoms with E-state index in [2.05, 4.69) is 21.8 Å². The summed E-state index contributed by atoms with van der Waals surface area (Å²) in [4.78, 5) is 9.00. The lowest BCUT2D eigenvalue weighted by Crippen LogP contribution is -1.96. The van der Waals surface area contributed by atoms with Gasteiger partial charge in [0.15, 0.2) is 11.3 Å². The van der Waals surface area contributed by atoms with Gasteiger partial charge in [-0.3, -0.25) is 4.40 Å². The summed E-state index contributed by atoms with van der Waals surface area (Å²) < 4.78 is 1.58. The summed E-state index contributed by atoms with van der Waals surface area (Å²) in [6, 6.07) is 16.3. The smallest absolute Gasteiger partial charge is 0.219 e. The summed E-state index contributed by atoms with van der Waals surface area (Å²) in [7, 11) is 0. The lowest BCUT2D eigenvalue weighted by Gasteiger charge is -2.05. The number of nitrogens with zero attached hydrogens (tertiary/aromatic N) is 3. The quantitative estimate of drug-likeness (QED) is 0.520. The van der Waals surface area contributed by atoms with Gasteiger partial charge in [0.25, 0.3) is 0 Å². The maximum Gasteiger partial charge on any atom is 0.219 e. The summed E-state index contributed by atoms with van der Waals surface area (Å²) in [5.41, 5.74) is 3.79. The van der Waals surface area contributed by atoms with Crippen molar-refractivity contribution in [2.45, 2.75) is 6.92 Å². The molecule has 2 heterocycles. The predicted octanol–water partition coefficient (Wildman–Crippen LogP) is 3.52. The van der Waals surface area contributed by atoms with Gasteiger partial charge in [0.1, 0.15) is 11.4 Å². The number of phenolic OH excluding ortho intramolecular Hbond substituents is 1. The Morgan fingerprint density at radius 1 is 0.885 bits per heavy atom. The van der Waals surface area contributed by atoms with Crippen LogP contribution in [0, 0.1) is 18.8 Å². The molecule has 2 N–H and O–H groups in total. The molecule has 0 aliphatic carbocycles. The monoisotopic (exact) mass is 341 g/mol. The third-order valence-electron chi connectivity index (χ3n) is 4.01. The highest BCUT2D eigenvalue weighted by Gasteiger charge is 2.14. The number of fused-ring (bicyclic) bond motifs is 1. The molecule has 0 saturated heterocycles. The number of phenols is 1. The molecular formula is C21H15N3O2. The van der Waals surface area contributed by atoms with Crippen molar-refractivity contribution in [3.8, 4) is 34.7 Å². The fourth-order valence-corrected chi connectivity index (χ4v) is 2.66. The molecule has 0 bridgehead atoms. The first-order valence-electron chi connectivity index (χ1n) is 8.07. The molecule has 2 aromatic heterocycles. The van der Waals surface area contributed by atoms with Crippen LogP contribution in [0.15, 0.2) is 60.8 Å². The first-order valence-corrected chi connectivity index (χ1v) is 8.07. The van der Waals surface area contributed by atoms with Crippen molar-refractivity contribution >= 4 is 5.65 Å². The van der Waals surface area contributed by atoms with E-state index in [1.807, 2.05) is 30.3 Å². The molecule has 0 saturated carbocycles. The number of hydrogen-bond donors (Lipinski definition) is 2. The van der Waals surface area contributed by atoms with E-state index in [1.165, 1.54) is 0 Å². The van der Waals surface area contributed by atoms with Crippen LogP contribution >= 0.6 is 0 Å². The van der Waals surface area contributed by atoms with Crippen molar-refractivity contribution in [1.82, 2.24) is 14.4 Å². The Balaban J connectivity index is 1.92. The number of hydrogen-bond acceptors (Lipinski definition) is 4. The zero-order valence-corrected chi connectivity index (χ0v) is 14.0. The minimum Gasteiger partial charge on any atom is -0.508 e. The molecule has 26 heavy (non-hydrogen) atoms. The predicted molar refractivity (Wildman–Crippen MR) is 98.9 cm³/mol. The fraction of sp³-hybridized carbons (Fsp3) is 0.0476. The summed E-state index contributed by atoms with van der Waals surface area (Å²) in [5.74, 6) is 6.38. The van der Waals surface area contributed by atoms with E-state index >= 15 is 0 Å². The van der Waals surface area contributed by atoms with Crippen molar-refractivity contribution in [3.05, 3.63) is 77.7 Å². The molecule has 0 amide bonds. The highest BCUT2D eigenvalue weighted by molar-refractivity contribution is 5.66. The van der Waals surface area contributed by atoms with Gasteiger partial charge >= 0.3 is 0 Å². The van der Waals surface area contributed by atoms with Crippen molar-refractivity contribution in [2.75, 3.05) is 0 Å². The Kier molecular flexibility index (Phi) is 3.79. The van der Waals surface area contributed by atoms with E-state index < -0.39 is 0 Å². The van der Waals surface area contributed by atoms with Crippen LogP contribution in [0.3, 0.4) is 0 Å². The van der Waals surface area contributed by atoms with Crippen LogP contribution in [0.25, 0.3) is 16.9 Å². The Labute approximate surface area is 150 Å². The maximum absolute atomic E-state index is 10.3. The molecule has 126 valence electrons. The third-order valence-corrected chi connectivity index (χ3v) is 4.01. The van der Waals surface area contributed by atoms with Gasteiger partial charge in [0, 0.05) is 17.3 Å². The molecule has 5 nitrogen and oxygen atoms in total. The largest absolute Gasteiger partial charge is 0.508 e. The first-order chi connectivity index (χ1) is 12.6. The van der Waals surface area contributed by atoms with Crippen LogP contribution < -0.4 is 0 Å². The summed E-state index contributed by atoms with van der Waals surface area (Å²) >= 11 is 0. The van der Waals surface area contributed by atoms with E-state index in [0.717, 1.165) is 11.1 Å². The third kappa shape index (κ3) is 2.85. The van der Waals surface area contributed by atoms with Gasteiger partial charge in [-0.15, -0.1) is 0 Å². The number of aryl methyl sites for hydroxylation is 1. The molecule has 2 aromatic carbocycles. The number of benzene rings is 2. The average Bonchev–Trinajstić information content (AvgIpc) is 2.96. The molecule has 4 rings (SSSR count). The van der Waals surface area contributed by atoms with Gasteiger partial charge in [0.2, 0.25) is 5.88 Å². The second-order valence-corrected chi connectivity index (χ2v) is 5.85. The highest BCUT2D eigenvalue weighted by Crippen LogP contribution is 2.25. The SMILES string of the molecule is Cc1nc2c(C#Cc3ccccc3)nc(-c3ccc(O)cc3)cn2c1O. The minimum absolute atomic E-state index is 0.0604. The highest BCUT2D eigenvalue weighted by atomic mass is 16.3. The van der Waals surface area contributed by atoms with Gasteiger partial charge in [0.05, 0.1) is 5.69 Å². The molecule has 0 aliphatic rings. The van der Waals surface area contributed by atoms with Crippen molar-refractivity contribution in [2.24, 2.45) is 0 Å². The van der Waals surface area contributed by atoms with Crippen LogP contribution in [-0.4, -0.2) is 24.6 Å². The second kappa shape index (κ2) is 6.26. The summed E-state index contributed by atoms with van der Waals surface area (Å²) in [6.45, 7) is 1.73. The van der Waals surface area contributed by atoms with Gasteiger partial charge in [-0.05, 0) is 49.2 Å². The number of rotatable bonds is 1. The van der Waals surface area contributed by atoms with Crippen LogP contribution in [0.1, 0.15) is 17.0 Å². The van der Waals surface area contributed by atoms with E-state index in [-0.39, 0.29) is 11.6 Å². The molecule has 0 aliphatic heterocycles. The Morgan fingerprint density at radius 3 is 2.35 bits per heavy atom. The molecule has 5 heteroatoms. The summed E-state index contributed by atoms with van der Waals surface area (Å²) in [5, 5.41) is 19.8. The van der Waals surface area contributed by atoms with Crippen LogP contribution in [0.5, 0.6) is 11.6 Å². The van der Waals surface area contributed by atoms with E-state index in [4.69, 9.17) is 0 Å². The summed E-state index contributed by atoms with van der Waals surface area (Å²) in [6.07, 6.45) is 1.71. The molecule has 0 unspecified atom stereocenters. The molecular weight excluding hydrogens is 326 g/mol. The normalized spacial score (nSPS) is 10.5. The second-order valence-electron chi connectivity index (χ2n) is 5.85. The zero-order valence-electron chi connectivity index (χ0n) is 14.0. The van der Waals surface area contributed by atoms with E-state index in [1.54, 1.807) is 41.8 Å². The Bertz CT molecular complexity index is 1150. The van der Waals surface area contributed by atoms with Gasteiger partial charge in [-0.25, -0.2) is 9.97 Å². The lowest BCUT2D eigenvalue weighted by atomic mass is 10.1. The molecule has 4 aromatic rings. The van der Waals surface area contributed by atoms with Crippen LogP contribution in [0.2, 0.25) is 0 Å². The van der Waals surface area contributed by atoms with Crippen molar-refractivity contribution in [3.63, 3.8) is 0 Å². The van der Waals surface area contributed by atoms with Crippen LogP contribution in [0.4, 0.5) is 0 Å². The van der Waals surface area contributed by atoms with Gasteiger partial charge in [-0.1, -0.05) is 24.1 Å². The Hall–Kier alpha value is -3.78. The molecule has 0 atom stereocenters. The average molecular weight is 341 g/mol. The fourth-order valence-electron chi connectivity index (χ4n) is 2.66. The van der Waals surface area contributed by atoms with Crippen LogP contribution in [-0.2, 0) is 0 Å². The zero-order chi connectivity index (χ0) is 18.1. The minimum atomic E-state index is 0.0604. The van der Waals surface area contributed by atoms with E-state index in [0.29, 0.717) is 22.7 Å². The molecule has 0 fully saturated rings. The van der Waals surface area contributed by atoms with Gasteiger partial charge in [-0.2, -0.15) is 0 Å². The van der Waals surface area contributed by atoms with Crippen molar-refractivity contribution in [1.29, 1.82) is 0 Å². The number of aromatic hydroxyl groups is 2. The van der Waals surface area contributed by atoms with E-state index in [9.17, 15) is 10.2 Å².